The van der Waals surface area contributed by atoms with Gasteiger partial charge in [0, 0.05) is 25.0 Å². The number of nitrogens with zero attached hydrogens (tertiary/aromatic N) is 3. The second-order valence-corrected chi connectivity index (χ2v) is 6.48. The molecular formula is C16H27N3O. The highest BCUT2D eigenvalue weighted by atomic mass is 16.3. The molecule has 0 amide bonds. The molecule has 20 heavy (non-hydrogen) atoms. The first-order chi connectivity index (χ1) is 9.83. The summed E-state index contributed by atoms with van der Waals surface area (Å²) in [4.78, 5) is 2.55. The molecule has 4 heteroatoms. The number of hydrogen-bond donors (Lipinski definition) is 1. The molecule has 1 aromatic heterocycles. The van der Waals surface area contributed by atoms with Crippen molar-refractivity contribution in [3.8, 4) is 0 Å². The Kier molecular flexibility index (Phi) is 4.73. The molecule has 112 valence electrons. The zero-order chi connectivity index (χ0) is 13.8. The van der Waals surface area contributed by atoms with Crippen LogP contribution in [-0.2, 0) is 6.54 Å². The van der Waals surface area contributed by atoms with E-state index in [1.807, 2.05) is 16.9 Å². The number of aliphatic hydroxyl groups is 1. The van der Waals surface area contributed by atoms with E-state index in [0.717, 1.165) is 25.0 Å². The van der Waals surface area contributed by atoms with Crippen LogP contribution in [0.4, 0.5) is 0 Å². The van der Waals surface area contributed by atoms with Gasteiger partial charge in [0.05, 0.1) is 12.6 Å². The van der Waals surface area contributed by atoms with Gasteiger partial charge in [0.2, 0.25) is 0 Å². The highest BCUT2D eigenvalue weighted by molar-refractivity contribution is 4.88. The van der Waals surface area contributed by atoms with E-state index in [-0.39, 0.29) is 6.10 Å². The average molecular weight is 277 g/mol. The summed E-state index contributed by atoms with van der Waals surface area (Å²) in [6.07, 6.45) is 13.1. The van der Waals surface area contributed by atoms with E-state index in [9.17, 15) is 5.11 Å². The minimum Gasteiger partial charge on any atom is -0.390 e. The van der Waals surface area contributed by atoms with E-state index < -0.39 is 0 Å². The molecule has 1 N–H and O–H groups in total. The van der Waals surface area contributed by atoms with E-state index in [2.05, 4.69) is 10.00 Å². The zero-order valence-electron chi connectivity index (χ0n) is 12.3. The lowest BCUT2D eigenvalue weighted by Gasteiger charge is -2.35. The summed E-state index contributed by atoms with van der Waals surface area (Å²) in [6.45, 7) is 2.58. The summed E-state index contributed by atoms with van der Waals surface area (Å²) in [7, 11) is 0. The number of hydrogen-bond acceptors (Lipinski definition) is 3. The Morgan fingerprint density at radius 3 is 2.70 bits per heavy atom. The highest BCUT2D eigenvalue weighted by Crippen LogP contribution is 2.34. The summed E-state index contributed by atoms with van der Waals surface area (Å²) in [5.74, 6) is 0.878. The number of aromatic nitrogens is 2. The van der Waals surface area contributed by atoms with Crippen LogP contribution in [0.25, 0.3) is 0 Å². The molecule has 0 aromatic carbocycles. The van der Waals surface area contributed by atoms with Gasteiger partial charge in [-0.15, -0.1) is 0 Å². The van der Waals surface area contributed by atoms with Crippen LogP contribution in [0.5, 0.6) is 0 Å². The summed E-state index contributed by atoms with van der Waals surface area (Å²) in [5.41, 5.74) is 0. The summed E-state index contributed by atoms with van der Waals surface area (Å²) in [5, 5.41) is 14.5. The maximum Gasteiger partial charge on any atom is 0.0862 e. The quantitative estimate of drug-likeness (QED) is 0.898. The first-order valence-corrected chi connectivity index (χ1v) is 8.22. The average Bonchev–Trinajstić information content (AvgIpc) is 3.11. The number of β-amino-alcohol motifs (C(OH)–C–C–N with tert-alkyl or cyclic N) is 1. The van der Waals surface area contributed by atoms with Gasteiger partial charge in [0.1, 0.15) is 0 Å². The molecule has 2 atom stereocenters. The SMILES string of the molecule is O[C@H](CN1CCC[C@H]1C1CCCCC1)Cn1cccn1. The largest absolute Gasteiger partial charge is 0.390 e. The monoisotopic (exact) mass is 277 g/mol. The van der Waals surface area contributed by atoms with E-state index in [1.165, 1.54) is 44.9 Å². The van der Waals surface area contributed by atoms with Gasteiger partial charge < -0.3 is 5.11 Å². The Morgan fingerprint density at radius 1 is 1.10 bits per heavy atom. The fourth-order valence-electron chi connectivity index (χ4n) is 4.08. The van der Waals surface area contributed by atoms with Gasteiger partial charge in [-0.2, -0.15) is 5.10 Å². The van der Waals surface area contributed by atoms with Crippen LogP contribution in [0.15, 0.2) is 18.5 Å². The van der Waals surface area contributed by atoms with Crippen molar-refractivity contribution in [2.75, 3.05) is 13.1 Å². The topological polar surface area (TPSA) is 41.3 Å². The minimum atomic E-state index is -0.306. The third-order valence-electron chi connectivity index (χ3n) is 5.01. The molecule has 4 nitrogen and oxygen atoms in total. The van der Waals surface area contributed by atoms with Crippen LogP contribution in [-0.4, -0.2) is 45.0 Å². The third kappa shape index (κ3) is 3.41. The first kappa shape index (κ1) is 14.1. The molecule has 2 aliphatic rings. The van der Waals surface area contributed by atoms with Crippen molar-refractivity contribution < 1.29 is 5.11 Å². The molecule has 0 spiro atoms. The van der Waals surface area contributed by atoms with Gasteiger partial charge in [0.25, 0.3) is 0 Å². The van der Waals surface area contributed by atoms with Gasteiger partial charge >= 0.3 is 0 Å². The predicted octanol–water partition coefficient (Wildman–Crippen LogP) is 2.29. The number of likely N-dealkylation sites (tertiary alicyclic amines) is 1. The van der Waals surface area contributed by atoms with Crippen LogP contribution in [0.3, 0.4) is 0 Å². The Morgan fingerprint density at radius 2 is 1.95 bits per heavy atom. The first-order valence-electron chi connectivity index (χ1n) is 8.22. The fraction of sp³-hybridized carbons (Fsp3) is 0.812. The van der Waals surface area contributed by atoms with Crippen molar-refractivity contribution in [3.63, 3.8) is 0 Å². The van der Waals surface area contributed by atoms with E-state index in [4.69, 9.17) is 0 Å². The normalized spacial score (nSPS) is 26.9. The van der Waals surface area contributed by atoms with Crippen LogP contribution in [0, 0.1) is 5.92 Å². The van der Waals surface area contributed by atoms with Crippen molar-refractivity contribution in [2.24, 2.45) is 5.92 Å². The molecule has 0 unspecified atom stereocenters. The molecule has 0 radical (unpaired) electrons. The fourth-order valence-corrected chi connectivity index (χ4v) is 4.08. The summed E-state index contributed by atoms with van der Waals surface area (Å²) < 4.78 is 1.83. The summed E-state index contributed by atoms with van der Waals surface area (Å²) >= 11 is 0. The molecule has 3 rings (SSSR count). The molecule has 1 aliphatic carbocycles. The second-order valence-electron chi connectivity index (χ2n) is 6.48. The molecule has 1 saturated heterocycles. The molecule has 1 aliphatic heterocycles. The van der Waals surface area contributed by atoms with Gasteiger partial charge in [-0.3, -0.25) is 9.58 Å². The highest BCUT2D eigenvalue weighted by Gasteiger charge is 2.33. The van der Waals surface area contributed by atoms with E-state index >= 15 is 0 Å². The summed E-state index contributed by atoms with van der Waals surface area (Å²) in [6, 6.07) is 2.63. The molecular weight excluding hydrogens is 250 g/mol. The molecule has 1 saturated carbocycles. The lowest BCUT2D eigenvalue weighted by Crippen LogP contribution is -2.42. The molecule has 2 fully saturated rings. The lowest BCUT2D eigenvalue weighted by atomic mass is 9.83. The Hall–Kier alpha value is -0.870. The van der Waals surface area contributed by atoms with Gasteiger partial charge in [-0.1, -0.05) is 19.3 Å². The lowest BCUT2D eigenvalue weighted by molar-refractivity contribution is 0.0684. The third-order valence-corrected chi connectivity index (χ3v) is 5.01. The standard InChI is InChI=1S/C16H27N3O/c20-15(13-19-11-5-9-17-19)12-18-10-4-8-16(18)14-6-2-1-3-7-14/h5,9,11,14-16,20H,1-4,6-8,10,12-13H2/t15-,16+/m1/s1. The van der Waals surface area contributed by atoms with Crippen molar-refractivity contribution in [3.05, 3.63) is 18.5 Å². The molecule has 1 aromatic rings. The van der Waals surface area contributed by atoms with E-state index in [0.29, 0.717) is 6.54 Å². The molecule has 2 heterocycles. The van der Waals surface area contributed by atoms with Crippen molar-refractivity contribution in [1.82, 2.24) is 14.7 Å². The molecule has 0 bridgehead atoms. The predicted molar refractivity (Wildman–Crippen MR) is 79.4 cm³/mol. The number of rotatable bonds is 5. The van der Waals surface area contributed by atoms with Crippen LogP contribution < -0.4 is 0 Å². The van der Waals surface area contributed by atoms with E-state index in [1.54, 1.807) is 6.20 Å². The van der Waals surface area contributed by atoms with Gasteiger partial charge in [-0.05, 0) is 44.2 Å². The maximum absolute atomic E-state index is 10.3. The smallest absolute Gasteiger partial charge is 0.0862 e. The Labute approximate surface area is 121 Å². The van der Waals surface area contributed by atoms with Crippen LogP contribution >= 0.6 is 0 Å². The second kappa shape index (κ2) is 6.72. The van der Waals surface area contributed by atoms with Crippen molar-refractivity contribution in [1.29, 1.82) is 0 Å². The zero-order valence-corrected chi connectivity index (χ0v) is 12.3. The minimum absolute atomic E-state index is 0.306. The Bertz CT molecular complexity index is 386. The van der Waals surface area contributed by atoms with Crippen LogP contribution in [0.2, 0.25) is 0 Å². The Balaban J connectivity index is 1.52. The van der Waals surface area contributed by atoms with Gasteiger partial charge in [-0.25, -0.2) is 0 Å². The van der Waals surface area contributed by atoms with Crippen molar-refractivity contribution in [2.45, 2.75) is 63.6 Å². The maximum atomic E-state index is 10.3. The number of aliphatic hydroxyl groups excluding tert-OH is 1. The van der Waals surface area contributed by atoms with Crippen molar-refractivity contribution >= 4 is 0 Å². The van der Waals surface area contributed by atoms with Crippen LogP contribution in [0.1, 0.15) is 44.9 Å². The van der Waals surface area contributed by atoms with Gasteiger partial charge in [0.15, 0.2) is 0 Å².